The molecule has 0 bridgehead atoms. The molecule has 0 aromatic heterocycles. The van der Waals surface area contributed by atoms with Crippen molar-refractivity contribution in [1.82, 2.24) is 10.6 Å². The summed E-state index contributed by atoms with van der Waals surface area (Å²) in [5.74, 6) is 0.731. The quantitative estimate of drug-likeness (QED) is 0.849. The summed E-state index contributed by atoms with van der Waals surface area (Å²) in [4.78, 5) is 0. The van der Waals surface area contributed by atoms with Crippen LogP contribution in [0.25, 0.3) is 0 Å². The Morgan fingerprint density at radius 3 is 2.53 bits per heavy atom. The summed E-state index contributed by atoms with van der Waals surface area (Å²) in [6.07, 6.45) is 3.76. The standard InChI is InChI=1S/C17H28N2/c1-13(2)11-15-6-8-16(9-7-15)14(3)19-17-5-4-10-18-12-17/h6-9,13-14,17-19H,4-5,10-12H2,1-3H3. The second-order valence-corrected chi connectivity index (χ2v) is 6.27. The Hall–Kier alpha value is -0.860. The van der Waals surface area contributed by atoms with E-state index in [2.05, 4.69) is 55.7 Å². The molecule has 1 heterocycles. The van der Waals surface area contributed by atoms with Crippen molar-refractivity contribution in [2.75, 3.05) is 13.1 Å². The zero-order chi connectivity index (χ0) is 13.7. The van der Waals surface area contributed by atoms with Crippen LogP contribution in [0.5, 0.6) is 0 Å². The summed E-state index contributed by atoms with van der Waals surface area (Å²) in [7, 11) is 0. The fourth-order valence-corrected chi connectivity index (χ4v) is 2.86. The van der Waals surface area contributed by atoms with E-state index in [9.17, 15) is 0 Å². The zero-order valence-electron chi connectivity index (χ0n) is 12.6. The van der Waals surface area contributed by atoms with Crippen molar-refractivity contribution in [2.45, 2.75) is 52.1 Å². The highest BCUT2D eigenvalue weighted by atomic mass is 15.0. The molecule has 1 fully saturated rings. The Balaban J connectivity index is 1.89. The van der Waals surface area contributed by atoms with Crippen molar-refractivity contribution >= 4 is 0 Å². The van der Waals surface area contributed by atoms with Gasteiger partial charge in [0.15, 0.2) is 0 Å². The molecule has 2 unspecified atom stereocenters. The van der Waals surface area contributed by atoms with Crippen molar-refractivity contribution in [2.24, 2.45) is 5.92 Å². The molecule has 2 atom stereocenters. The maximum Gasteiger partial charge on any atom is 0.0294 e. The summed E-state index contributed by atoms with van der Waals surface area (Å²) in [5, 5.41) is 7.19. The van der Waals surface area contributed by atoms with Crippen LogP contribution in [-0.4, -0.2) is 19.1 Å². The Morgan fingerprint density at radius 1 is 1.21 bits per heavy atom. The molecule has 2 heteroatoms. The average Bonchev–Trinajstić information content (AvgIpc) is 2.40. The first kappa shape index (κ1) is 14.5. The molecule has 1 aromatic carbocycles. The van der Waals surface area contributed by atoms with Crippen LogP contribution in [0.15, 0.2) is 24.3 Å². The summed E-state index contributed by atoms with van der Waals surface area (Å²) in [5.41, 5.74) is 2.85. The van der Waals surface area contributed by atoms with Gasteiger partial charge in [-0.15, -0.1) is 0 Å². The Bertz CT molecular complexity index is 363. The smallest absolute Gasteiger partial charge is 0.0294 e. The minimum atomic E-state index is 0.443. The molecule has 0 radical (unpaired) electrons. The maximum atomic E-state index is 3.73. The first-order valence-corrected chi connectivity index (χ1v) is 7.70. The minimum Gasteiger partial charge on any atom is -0.315 e. The van der Waals surface area contributed by atoms with Crippen LogP contribution in [0.1, 0.15) is 50.8 Å². The van der Waals surface area contributed by atoms with E-state index < -0.39 is 0 Å². The van der Waals surface area contributed by atoms with Gasteiger partial charge in [-0.2, -0.15) is 0 Å². The molecule has 19 heavy (non-hydrogen) atoms. The summed E-state index contributed by atoms with van der Waals surface area (Å²) in [6.45, 7) is 9.10. The second kappa shape index (κ2) is 7.06. The van der Waals surface area contributed by atoms with Gasteiger partial charge in [-0.1, -0.05) is 38.1 Å². The van der Waals surface area contributed by atoms with E-state index in [4.69, 9.17) is 0 Å². The molecule has 106 valence electrons. The van der Waals surface area contributed by atoms with Gasteiger partial charge in [0, 0.05) is 18.6 Å². The Kier molecular flexibility index (Phi) is 5.41. The largest absolute Gasteiger partial charge is 0.315 e. The maximum absolute atomic E-state index is 3.73. The lowest BCUT2D eigenvalue weighted by atomic mass is 9.99. The van der Waals surface area contributed by atoms with Gasteiger partial charge in [0.05, 0.1) is 0 Å². The van der Waals surface area contributed by atoms with Gasteiger partial charge in [0.25, 0.3) is 0 Å². The molecule has 1 aliphatic rings. The minimum absolute atomic E-state index is 0.443. The lowest BCUT2D eigenvalue weighted by Crippen LogP contribution is -2.43. The predicted molar refractivity (Wildman–Crippen MR) is 82.4 cm³/mol. The molecule has 2 nitrogen and oxygen atoms in total. The molecule has 0 spiro atoms. The number of hydrogen-bond donors (Lipinski definition) is 2. The highest BCUT2D eigenvalue weighted by molar-refractivity contribution is 5.25. The third-order valence-electron chi connectivity index (χ3n) is 3.91. The molecule has 0 amide bonds. The Morgan fingerprint density at radius 2 is 1.95 bits per heavy atom. The molecule has 0 aliphatic carbocycles. The van der Waals surface area contributed by atoms with Gasteiger partial charge in [-0.05, 0) is 49.8 Å². The lowest BCUT2D eigenvalue weighted by Gasteiger charge is -2.27. The number of hydrogen-bond acceptors (Lipinski definition) is 2. The second-order valence-electron chi connectivity index (χ2n) is 6.27. The average molecular weight is 260 g/mol. The van der Waals surface area contributed by atoms with Crippen LogP contribution in [0.2, 0.25) is 0 Å². The molecule has 1 aliphatic heterocycles. The van der Waals surface area contributed by atoms with Crippen LogP contribution in [0.4, 0.5) is 0 Å². The van der Waals surface area contributed by atoms with E-state index in [1.54, 1.807) is 0 Å². The summed E-state index contributed by atoms with van der Waals surface area (Å²) in [6, 6.07) is 10.2. The zero-order valence-corrected chi connectivity index (χ0v) is 12.6. The number of piperidine rings is 1. The van der Waals surface area contributed by atoms with Crippen molar-refractivity contribution in [3.63, 3.8) is 0 Å². The number of nitrogens with one attached hydrogen (secondary N) is 2. The summed E-state index contributed by atoms with van der Waals surface area (Å²) < 4.78 is 0. The first-order chi connectivity index (χ1) is 9.15. The van der Waals surface area contributed by atoms with Crippen LogP contribution in [0.3, 0.4) is 0 Å². The van der Waals surface area contributed by atoms with Gasteiger partial charge >= 0.3 is 0 Å². The van der Waals surface area contributed by atoms with Crippen molar-refractivity contribution in [3.8, 4) is 0 Å². The van der Waals surface area contributed by atoms with Crippen molar-refractivity contribution in [1.29, 1.82) is 0 Å². The van der Waals surface area contributed by atoms with Gasteiger partial charge in [0.2, 0.25) is 0 Å². The van der Waals surface area contributed by atoms with Crippen molar-refractivity contribution in [3.05, 3.63) is 35.4 Å². The van der Waals surface area contributed by atoms with E-state index in [-0.39, 0.29) is 0 Å². The van der Waals surface area contributed by atoms with E-state index in [1.807, 2.05) is 0 Å². The van der Waals surface area contributed by atoms with Crippen molar-refractivity contribution < 1.29 is 0 Å². The van der Waals surface area contributed by atoms with Crippen LogP contribution < -0.4 is 10.6 Å². The molecule has 1 aromatic rings. The monoisotopic (exact) mass is 260 g/mol. The van der Waals surface area contributed by atoms with E-state index in [1.165, 1.54) is 36.9 Å². The highest BCUT2D eigenvalue weighted by Crippen LogP contribution is 2.17. The molecule has 2 rings (SSSR count). The fourth-order valence-electron chi connectivity index (χ4n) is 2.86. The highest BCUT2D eigenvalue weighted by Gasteiger charge is 2.15. The SMILES string of the molecule is CC(C)Cc1ccc(C(C)NC2CCCNC2)cc1. The van der Waals surface area contributed by atoms with Gasteiger partial charge < -0.3 is 10.6 Å². The fraction of sp³-hybridized carbons (Fsp3) is 0.647. The molecule has 1 saturated heterocycles. The van der Waals surface area contributed by atoms with E-state index in [0.29, 0.717) is 12.1 Å². The number of rotatable bonds is 5. The van der Waals surface area contributed by atoms with Crippen LogP contribution >= 0.6 is 0 Å². The molecule has 2 N–H and O–H groups in total. The third kappa shape index (κ3) is 4.63. The van der Waals surface area contributed by atoms with Gasteiger partial charge in [-0.3, -0.25) is 0 Å². The molecular weight excluding hydrogens is 232 g/mol. The topological polar surface area (TPSA) is 24.1 Å². The molecular formula is C17H28N2. The van der Waals surface area contributed by atoms with Gasteiger partial charge in [0.1, 0.15) is 0 Å². The van der Waals surface area contributed by atoms with E-state index in [0.717, 1.165) is 12.5 Å². The summed E-state index contributed by atoms with van der Waals surface area (Å²) >= 11 is 0. The van der Waals surface area contributed by atoms with Crippen LogP contribution in [0, 0.1) is 5.92 Å². The lowest BCUT2D eigenvalue weighted by molar-refractivity contribution is 0.362. The third-order valence-corrected chi connectivity index (χ3v) is 3.91. The van der Waals surface area contributed by atoms with Gasteiger partial charge in [-0.25, -0.2) is 0 Å². The first-order valence-electron chi connectivity index (χ1n) is 7.70. The normalized spacial score (nSPS) is 21.6. The molecule has 0 saturated carbocycles. The van der Waals surface area contributed by atoms with E-state index >= 15 is 0 Å². The Labute approximate surface area is 118 Å². The van der Waals surface area contributed by atoms with Crippen LogP contribution in [-0.2, 0) is 6.42 Å². The number of benzene rings is 1. The predicted octanol–water partition coefficient (Wildman–Crippen LogP) is 3.29.